The molecule has 0 aliphatic rings. The molecule has 0 aliphatic heterocycles. The molecular formula is C19H26N4O3S. The summed E-state index contributed by atoms with van der Waals surface area (Å²) < 4.78 is 22.5. The largest absolute Gasteiger partial charge is 0.383 e. The zero-order valence-electron chi connectivity index (χ0n) is 15.7. The van der Waals surface area contributed by atoms with Gasteiger partial charge in [-0.1, -0.05) is 25.5 Å². The maximum absolute atomic E-state index is 12.4. The molecule has 0 bridgehead atoms. The van der Waals surface area contributed by atoms with Crippen molar-refractivity contribution in [2.24, 2.45) is 5.14 Å². The maximum Gasteiger partial charge on any atom is 0.255 e. The lowest BCUT2D eigenvalue weighted by Gasteiger charge is -2.17. The summed E-state index contributed by atoms with van der Waals surface area (Å²) in [6.07, 6.45) is 5.95. The number of rotatable bonds is 9. The Morgan fingerprint density at radius 1 is 1.22 bits per heavy atom. The van der Waals surface area contributed by atoms with E-state index in [0.29, 0.717) is 18.5 Å². The number of hydrogen-bond donors (Lipinski definition) is 2. The molecular weight excluding hydrogens is 364 g/mol. The van der Waals surface area contributed by atoms with Crippen molar-refractivity contribution >= 4 is 21.6 Å². The Hall–Kier alpha value is -2.45. The highest BCUT2D eigenvalue weighted by atomic mass is 32.2. The summed E-state index contributed by atoms with van der Waals surface area (Å²) >= 11 is 0. The topological polar surface area (TPSA) is 105 Å². The van der Waals surface area contributed by atoms with E-state index in [4.69, 9.17) is 5.14 Å². The number of unbranched alkanes of at least 4 members (excludes halogenated alkanes) is 1. The molecule has 1 aromatic carbocycles. The number of carbonyl (C=O) groups is 1. The van der Waals surface area contributed by atoms with Crippen molar-refractivity contribution < 1.29 is 13.2 Å². The van der Waals surface area contributed by atoms with Crippen LogP contribution in [0.5, 0.6) is 0 Å². The van der Waals surface area contributed by atoms with Crippen molar-refractivity contribution in [1.29, 1.82) is 0 Å². The summed E-state index contributed by atoms with van der Waals surface area (Å²) in [5, 5.41) is 8.33. The molecule has 2 rings (SSSR count). The first kappa shape index (κ1) is 20.9. The van der Waals surface area contributed by atoms with E-state index >= 15 is 0 Å². The van der Waals surface area contributed by atoms with Crippen molar-refractivity contribution in [2.45, 2.75) is 31.1 Å². The van der Waals surface area contributed by atoms with Crippen LogP contribution in [0.4, 0.5) is 5.69 Å². The fourth-order valence-corrected chi connectivity index (χ4v) is 3.08. The minimum Gasteiger partial charge on any atom is -0.383 e. The molecule has 0 saturated carbocycles. The van der Waals surface area contributed by atoms with E-state index in [9.17, 15) is 13.2 Å². The lowest BCUT2D eigenvalue weighted by molar-refractivity contribution is 0.0793. The van der Waals surface area contributed by atoms with Crippen molar-refractivity contribution in [3.8, 4) is 0 Å². The number of amides is 1. The summed E-state index contributed by atoms with van der Waals surface area (Å²) in [6, 6.07) is 8.27. The van der Waals surface area contributed by atoms with E-state index in [1.54, 1.807) is 42.5 Å². The molecule has 27 heavy (non-hydrogen) atoms. The number of anilines is 1. The van der Waals surface area contributed by atoms with Gasteiger partial charge < -0.3 is 10.2 Å². The summed E-state index contributed by atoms with van der Waals surface area (Å²) in [4.78, 5) is 18.4. The molecule has 7 nitrogen and oxygen atoms in total. The molecule has 8 heteroatoms. The summed E-state index contributed by atoms with van der Waals surface area (Å²) in [5.41, 5.74) is 2.30. The van der Waals surface area contributed by atoms with Crippen LogP contribution in [0.3, 0.4) is 0 Å². The number of carbonyl (C=O) groups excluding carboxylic acids is 1. The van der Waals surface area contributed by atoms with Crippen LogP contribution in [0.2, 0.25) is 0 Å². The standard InChI is InChI=1S/C19H26N4O3S/c1-3-4-11-23(2)19(24)16-12-17(14-21-13-16)22-10-9-15-5-7-18(8-6-15)27(20,25)26/h5-8,12-14,22H,3-4,9-11H2,1-2H3,(H2,20,25,26). The molecule has 0 spiro atoms. The van der Waals surface area contributed by atoms with Gasteiger partial charge in [0.25, 0.3) is 5.91 Å². The Balaban J connectivity index is 1.92. The molecule has 1 amide bonds. The second kappa shape index (κ2) is 9.48. The van der Waals surface area contributed by atoms with E-state index in [1.165, 1.54) is 12.1 Å². The third-order valence-corrected chi connectivity index (χ3v) is 5.10. The first-order valence-electron chi connectivity index (χ1n) is 8.87. The molecule has 146 valence electrons. The van der Waals surface area contributed by atoms with E-state index in [2.05, 4.69) is 17.2 Å². The molecule has 0 aliphatic carbocycles. The van der Waals surface area contributed by atoms with Gasteiger partial charge in [-0.05, 0) is 36.6 Å². The third-order valence-electron chi connectivity index (χ3n) is 4.17. The smallest absolute Gasteiger partial charge is 0.255 e. The van der Waals surface area contributed by atoms with E-state index in [0.717, 1.165) is 30.6 Å². The van der Waals surface area contributed by atoms with Gasteiger partial charge in [-0.25, -0.2) is 13.6 Å². The van der Waals surface area contributed by atoms with Crippen LogP contribution < -0.4 is 10.5 Å². The lowest BCUT2D eigenvalue weighted by atomic mass is 10.1. The monoisotopic (exact) mass is 390 g/mol. The van der Waals surface area contributed by atoms with Crippen LogP contribution in [0.1, 0.15) is 35.7 Å². The Kier molecular flexibility index (Phi) is 7.32. The Bertz CT molecular complexity index is 867. The Morgan fingerprint density at radius 3 is 2.56 bits per heavy atom. The van der Waals surface area contributed by atoms with Gasteiger partial charge in [0.1, 0.15) is 0 Å². The first-order valence-corrected chi connectivity index (χ1v) is 10.4. The number of nitrogens with two attached hydrogens (primary N) is 1. The van der Waals surface area contributed by atoms with Crippen molar-refractivity contribution in [3.05, 3.63) is 53.9 Å². The fraction of sp³-hybridized carbons (Fsp3) is 0.368. The molecule has 2 aromatic rings. The van der Waals surface area contributed by atoms with Crippen LogP contribution in [0, 0.1) is 0 Å². The quantitative estimate of drug-likeness (QED) is 0.683. The second-order valence-electron chi connectivity index (χ2n) is 6.41. The highest BCUT2D eigenvalue weighted by Gasteiger charge is 2.12. The molecule has 0 radical (unpaired) electrons. The summed E-state index contributed by atoms with van der Waals surface area (Å²) in [5.74, 6) is -0.0433. The molecule has 0 saturated heterocycles. The molecule has 1 aromatic heterocycles. The molecule has 0 unspecified atom stereocenters. The van der Waals surface area contributed by atoms with Crippen LogP contribution >= 0.6 is 0 Å². The van der Waals surface area contributed by atoms with Gasteiger partial charge in [0.15, 0.2) is 0 Å². The Labute approximate surface area is 160 Å². The minimum absolute atomic E-state index is 0.0433. The zero-order valence-corrected chi connectivity index (χ0v) is 16.5. The van der Waals surface area contributed by atoms with Gasteiger partial charge in [0.05, 0.1) is 16.1 Å². The number of pyridine rings is 1. The van der Waals surface area contributed by atoms with Crippen molar-refractivity contribution in [2.75, 3.05) is 25.5 Å². The zero-order chi connectivity index (χ0) is 19.9. The molecule has 0 atom stereocenters. The molecule has 0 fully saturated rings. The average Bonchev–Trinajstić information content (AvgIpc) is 2.65. The minimum atomic E-state index is -3.67. The number of aromatic nitrogens is 1. The van der Waals surface area contributed by atoms with Crippen LogP contribution in [0.15, 0.2) is 47.6 Å². The van der Waals surface area contributed by atoms with E-state index < -0.39 is 10.0 Å². The van der Waals surface area contributed by atoms with Gasteiger partial charge in [0, 0.05) is 32.5 Å². The highest BCUT2D eigenvalue weighted by molar-refractivity contribution is 7.89. The van der Waals surface area contributed by atoms with Crippen LogP contribution in [-0.4, -0.2) is 44.3 Å². The predicted octanol–water partition coefficient (Wildman–Crippen LogP) is 2.26. The number of benzene rings is 1. The highest BCUT2D eigenvalue weighted by Crippen LogP contribution is 2.12. The van der Waals surface area contributed by atoms with Gasteiger partial charge in [-0.3, -0.25) is 9.78 Å². The second-order valence-corrected chi connectivity index (χ2v) is 7.97. The maximum atomic E-state index is 12.4. The normalized spacial score (nSPS) is 11.2. The number of nitrogens with one attached hydrogen (secondary N) is 1. The van der Waals surface area contributed by atoms with E-state index in [1.807, 2.05) is 0 Å². The van der Waals surface area contributed by atoms with Gasteiger partial charge >= 0.3 is 0 Å². The molecule has 1 heterocycles. The van der Waals surface area contributed by atoms with Crippen LogP contribution in [0.25, 0.3) is 0 Å². The number of primary sulfonamides is 1. The van der Waals surface area contributed by atoms with Crippen LogP contribution in [-0.2, 0) is 16.4 Å². The van der Waals surface area contributed by atoms with Gasteiger partial charge in [-0.2, -0.15) is 0 Å². The van der Waals surface area contributed by atoms with E-state index in [-0.39, 0.29) is 10.8 Å². The van der Waals surface area contributed by atoms with Crippen molar-refractivity contribution in [1.82, 2.24) is 9.88 Å². The average molecular weight is 391 g/mol. The predicted molar refractivity (Wildman–Crippen MR) is 106 cm³/mol. The van der Waals surface area contributed by atoms with Gasteiger partial charge in [0.2, 0.25) is 10.0 Å². The summed E-state index contributed by atoms with van der Waals surface area (Å²) in [7, 11) is -1.87. The molecule has 3 N–H and O–H groups in total. The van der Waals surface area contributed by atoms with Gasteiger partial charge in [-0.15, -0.1) is 0 Å². The third kappa shape index (κ3) is 6.33. The number of hydrogen-bond acceptors (Lipinski definition) is 5. The lowest BCUT2D eigenvalue weighted by Crippen LogP contribution is -2.27. The Morgan fingerprint density at radius 2 is 1.93 bits per heavy atom. The fourth-order valence-electron chi connectivity index (χ4n) is 2.57. The first-order chi connectivity index (χ1) is 12.8. The van der Waals surface area contributed by atoms with Crippen molar-refractivity contribution in [3.63, 3.8) is 0 Å². The SMILES string of the molecule is CCCCN(C)C(=O)c1cncc(NCCc2ccc(S(N)(=O)=O)cc2)c1. The number of sulfonamides is 1. The number of nitrogens with zero attached hydrogens (tertiary/aromatic N) is 2. The summed E-state index contributed by atoms with van der Waals surface area (Å²) in [6.45, 7) is 3.44.